The fourth-order valence-electron chi connectivity index (χ4n) is 1.76. The van der Waals surface area contributed by atoms with Crippen LogP contribution in [0.15, 0.2) is 45.1 Å². The number of sulfone groups is 1. The molecular formula is C13H14BrNO2S2. The molecule has 6 heteroatoms. The lowest BCUT2D eigenvalue weighted by molar-refractivity contribution is 0.601. The van der Waals surface area contributed by atoms with Crippen molar-refractivity contribution in [2.24, 2.45) is 5.73 Å². The summed E-state index contributed by atoms with van der Waals surface area (Å²) in [5.74, 6) is 0. The maximum Gasteiger partial charge on any atom is 0.175 e. The summed E-state index contributed by atoms with van der Waals surface area (Å²) in [5.41, 5.74) is 6.99. The molecule has 1 unspecified atom stereocenters. The minimum atomic E-state index is -3.19. The van der Waals surface area contributed by atoms with Crippen LogP contribution in [-0.2, 0) is 16.3 Å². The smallest absolute Gasteiger partial charge is 0.175 e. The number of thiophene rings is 1. The minimum Gasteiger partial charge on any atom is -0.324 e. The van der Waals surface area contributed by atoms with Gasteiger partial charge < -0.3 is 5.73 Å². The molecule has 0 fully saturated rings. The second kappa shape index (κ2) is 5.75. The first-order chi connectivity index (χ1) is 8.88. The molecule has 0 saturated heterocycles. The number of hydrogen-bond acceptors (Lipinski definition) is 4. The molecule has 0 radical (unpaired) electrons. The van der Waals surface area contributed by atoms with Crippen LogP contribution in [-0.4, -0.2) is 14.7 Å². The van der Waals surface area contributed by atoms with Crippen LogP contribution in [0.4, 0.5) is 0 Å². The van der Waals surface area contributed by atoms with Crippen molar-refractivity contribution in [1.82, 2.24) is 0 Å². The zero-order valence-electron chi connectivity index (χ0n) is 10.3. The van der Waals surface area contributed by atoms with Crippen LogP contribution in [0.1, 0.15) is 16.5 Å². The van der Waals surface area contributed by atoms with Gasteiger partial charge in [0.1, 0.15) is 0 Å². The summed E-state index contributed by atoms with van der Waals surface area (Å²) in [4.78, 5) is 1.47. The predicted octanol–water partition coefficient (Wildman–Crippen LogP) is 3.16. The SMILES string of the molecule is CS(=O)(=O)c1cccc(C(N)Cc2sccc2Br)c1. The summed E-state index contributed by atoms with van der Waals surface area (Å²) in [6, 6.07) is 8.61. The van der Waals surface area contributed by atoms with Gasteiger partial charge in [0.2, 0.25) is 0 Å². The monoisotopic (exact) mass is 359 g/mol. The molecule has 1 heterocycles. The lowest BCUT2D eigenvalue weighted by Gasteiger charge is -2.12. The van der Waals surface area contributed by atoms with E-state index >= 15 is 0 Å². The Kier molecular flexibility index (Phi) is 4.45. The molecule has 1 atom stereocenters. The highest BCUT2D eigenvalue weighted by Gasteiger charge is 2.13. The van der Waals surface area contributed by atoms with Crippen LogP contribution in [0.5, 0.6) is 0 Å². The van der Waals surface area contributed by atoms with Crippen molar-refractivity contribution in [3.05, 3.63) is 50.6 Å². The first-order valence-electron chi connectivity index (χ1n) is 5.65. The van der Waals surface area contributed by atoms with Gasteiger partial charge in [-0.15, -0.1) is 11.3 Å². The maximum absolute atomic E-state index is 11.5. The Morgan fingerprint density at radius 1 is 1.37 bits per heavy atom. The normalized spacial score (nSPS) is 13.4. The molecule has 2 N–H and O–H groups in total. The number of hydrogen-bond donors (Lipinski definition) is 1. The number of benzene rings is 1. The third-order valence-corrected chi connectivity index (χ3v) is 5.87. The Morgan fingerprint density at radius 3 is 2.68 bits per heavy atom. The van der Waals surface area contributed by atoms with Gasteiger partial charge >= 0.3 is 0 Å². The predicted molar refractivity (Wildman–Crippen MR) is 82.2 cm³/mol. The van der Waals surface area contributed by atoms with Crippen molar-refractivity contribution in [1.29, 1.82) is 0 Å². The molecule has 0 aliphatic heterocycles. The van der Waals surface area contributed by atoms with E-state index in [1.807, 2.05) is 17.5 Å². The van der Waals surface area contributed by atoms with Crippen molar-refractivity contribution < 1.29 is 8.42 Å². The van der Waals surface area contributed by atoms with Crippen LogP contribution in [0.2, 0.25) is 0 Å². The molecule has 0 spiro atoms. The minimum absolute atomic E-state index is 0.211. The van der Waals surface area contributed by atoms with Gasteiger partial charge in [-0.1, -0.05) is 12.1 Å². The van der Waals surface area contributed by atoms with Crippen molar-refractivity contribution in [2.45, 2.75) is 17.4 Å². The van der Waals surface area contributed by atoms with E-state index in [4.69, 9.17) is 5.73 Å². The van der Waals surface area contributed by atoms with Crippen LogP contribution in [0.3, 0.4) is 0 Å². The van der Waals surface area contributed by atoms with Crippen LogP contribution in [0.25, 0.3) is 0 Å². The third kappa shape index (κ3) is 3.66. The zero-order valence-corrected chi connectivity index (χ0v) is 13.6. The topological polar surface area (TPSA) is 60.2 Å². The first kappa shape index (κ1) is 14.7. The number of rotatable bonds is 4. The van der Waals surface area contributed by atoms with E-state index in [9.17, 15) is 8.42 Å². The van der Waals surface area contributed by atoms with Crippen LogP contribution >= 0.6 is 27.3 Å². The average molecular weight is 360 g/mol. The lowest BCUT2D eigenvalue weighted by atomic mass is 10.0. The van der Waals surface area contributed by atoms with E-state index < -0.39 is 9.84 Å². The Labute approximate surface area is 125 Å². The molecule has 2 aromatic rings. The van der Waals surface area contributed by atoms with Gasteiger partial charge in [-0.2, -0.15) is 0 Å². The highest BCUT2D eigenvalue weighted by molar-refractivity contribution is 9.10. The molecule has 0 saturated carbocycles. The molecule has 0 aliphatic rings. The standard InChI is InChI=1S/C13H14BrNO2S2/c1-19(16,17)10-4-2-3-9(7-10)12(15)8-13-11(14)5-6-18-13/h2-7,12H,8,15H2,1H3. The number of nitrogens with two attached hydrogens (primary N) is 1. The maximum atomic E-state index is 11.5. The van der Waals surface area contributed by atoms with E-state index in [1.54, 1.807) is 29.5 Å². The highest BCUT2D eigenvalue weighted by atomic mass is 79.9. The van der Waals surface area contributed by atoms with E-state index in [-0.39, 0.29) is 6.04 Å². The summed E-state index contributed by atoms with van der Waals surface area (Å²) < 4.78 is 24.1. The third-order valence-electron chi connectivity index (χ3n) is 2.81. The van der Waals surface area contributed by atoms with E-state index in [0.29, 0.717) is 11.3 Å². The van der Waals surface area contributed by atoms with E-state index in [2.05, 4.69) is 15.9 Å². The molecule has 0 bridgehead atoms. The molecule has 1 aromatic carbocycles. The van der Waals surface area contributed by atoms with Crippen molar-refractivity contribution in [2.75, 3.05) is 6.26 Å². The van der Waals surface area contributed by atoms with E-state index in [0.717, 1.165) is 14.9 Å². The molecule has 0 aliphatic carbocycles. The van der Waals surface area contributed by atoms with Gasteiger partial charge in [0, 0.05) is 28.1 Å². The Hall–Kier alpha value is -0.690. The molecule has 1 aromatic heterocycles. The summed E-state index contributed by atoms with van der Waals surface area (Å²) in [7, 11) is -3.19. The van der Waals surface area contributed by atoms with Gasteiger partial charge in [0.15, 0.2) is 9.84 Å². The second-order valence-electron chi connectivity index (χ2n) is 4.35. The van der Waals surface area contributed by atoms with Crippen molar-refractivity contribution in [3.63, 3.8) is 0 Å². The molecule has 19 heavy (non-hydrogen) atoms. The van der Waals surface area contributed by atoms with Crippen LogP contribution in [0, 0.1) is 0 Å². The molecular weight excluding hydrogens is 346 g/mol. The molecule has 2 rings (SSSR count). The quantitative estimate of drug-likeness (QED) is 0.911. The Bertz CT molecular complexity index is 679. The summed E-state index contributed by atoms with van der Waals surface area (Å²) in [5, 5.41) is 2.00. The van der Waals surface area contributed by atoms with Crippen molar-refractivity contribution in [3.8, 4) is 0 Å². The van der Waals surface area contributed by atoms with E-state index in [1.165, 1.54) is 6.26 Å². The zero-order chi connectivity index (χ0) is 14.0. The number of halogens is 1. The summed E-state index contributed by atoms with van der Waals surface area (Å²) in [6.07, 6.45) is 1.89. The largest absolute Gasteiger partial charge is 0.324 e. The highest BCUT2D eigenvalue weighted by Crippen LogP contribution is 2.27. The fraction of sp³-hybridized carbons (Fsp3) is 0.231. The van der Waals surface area contributed by atoms with Gasteiger partial charge in [-0.25, -0.2) is 8.42 Å². The molecule has 102 valence electrons. The van der Waals surface area contributed by atoms with Gasteiger partial charge in [-0.3, -0.25) is 0 Å². The molecule has 3 nitrogen and oxygen atoms in total. The van der Waals surface area contributed by atoms with Gasteiger partial charge in [-0.05, 0) is 45.1 Å². The van der Waals surface area contributed by atoms with Crippen LogP contribution < -0.4 is 5.73 Å². The van der Waals surface area contributed by atoms with Gasteiger partial charge in [0.05, 0.1) is 4.90 Å². The Balaban J connectivity index is 2.25. The first-order valence-corrected chi connectivity index (χ1v) is 9.22. The summed E-state index contributed by atoms with van der Waals surface area (Å²) >= 11 is 5.11. The average Bonchev–Trinajstić information content (AvgIpc) is 2.74. The fourth-order valence-corrected chi connectivity index (χ4v) is 4.01. The summed E-state index contributed by atoms with van der Waals surface area (Å²) in [6.45, 7) is 0. The Morgan fingerprint density at radius 2 is 2.11 bits per heavy atom. The lowest BCUT2D eigenvalue weighted by Crippen LogP contribution is -2.13. The van der Waals surface area contributed by atoms with Gasteiger partial charge in [0.25, 0.3) is 0 Å². The van der Waals surface area contributed by atoms with Crippen molar-refractivity contribution >= 4 is 37.1 Å². The second-order valence-corrected chi connectivity index (χ2v) is 8.22. The molecule has 0 amide bonds.